The number of carbonyl (C=O) groups is 1. The van der Waals surface area contributed by atoms with Crippen molar-refractivity contribution in [3.63, 3.8) is 0 Å². The topological polar surface area (TPSA) is 37.3 Å². The molecule has 0 saturated heterocycles. The number of halogens is 3. The molecule has 2 nitrogen and oxygen atoms in total. The van der Waals surface area contributed by atoms with Gasteiger partial charge in [0.25, 0.3) is 0 Å². The molecule has 0 aromatic heterocycles. The zero-order valence-corrected chi connectivity index (χ0v) is 8.77. The molecule has 0 amide bonds. The number of Topliss-reactive ketones (excluding diaryl/α,β-unsaturated/α-hetero) is 1. The van der Waals surface area contributed by atoms with Crippen LogP contribution in [-0.4, -0.2) is 23.2 Å². The fraction of sp³-hybridized carbons (Fsp3) is 0.700. The van der Waals surface area contributed by atoms with Crippen LogP contribution in [0.15, 0.2) is 11.6 Å². The van der Waals surface area contributed by atoms with Crippen LogP contribution in [0.3, 0.4) is 0 Å². The minimum atomic E-state index is -4.77. The monoisotopic (exact) mass is 224 g/mol. The van der Waals surface area contributed by atoms with Gasteiger partial charge in [-0.3, -0.25) is 4.79 Å². The highest BCUT2D eigenvalue weighted by molar-refractivity contribution is 5.96. The maximum Gasteiger partial charge on any atom is 0.418 e. The molecule has 1 atom stereocenters. The Hall–Kier alpha value is -0.840. The van der Waals surface area contributed by atoms with E-state index in [4.69, 9.17) is 5.11 Å². The number of allylic oxidation sites excluding steroid dienone is 1. The van der Waals surface area contributed by atoms with Crippen LogP contribution < -0.4 is 0 Å². The molecule has 1 unspecified atom stereocenters. The third-order valence-corrected chi connectivity index (χ3v) is 1.83. The summed E-state index contributed by atoms with van der Waals surface area (Å²) < 4.78 is 36.5. The van der Waals surface area contributed by atoms with Crippen LogP contribution in [0, 0.1) is 0 Å². The second-order valence-electron chi connectivity index (χ2n) is 3.19. The summed E-state index contributed by atoms with van der Waals surface area (Å²) >= 11 is 0. The Balaban J connectivity index is 4.83. The number of aliphatic hydroxyl groups is 1. The molecule has 0 spiro atoms. The van der Waals surface area contributed by atoms with Gasteiger partial charge in [0, 0.05) is 12.0 Å². The van der Waals surface area contributed by atoms with Gasteiger partial charge in [-0.25, -0.2) is 0 Å². The Kier molecular flexibility index (Phi) is 5.57. The molecular formula is C10H15F3O2. The van der Waals surface area contributed by atoms with E-state index < -0.39 is 23.6 Å². The predicted octanol–water partition coefficient (Wildman–Crippen LogP) is 2.62. The van der Waals surface area contributed by atoms with E-state index in [9.17, 15) is 18.0 Å². The van der Waals surface area contributed by atoms with Crippen LogP contribution in [0.5, 0.6) is 0 Å². The number of ketones is 1. The Morgan fingerprint density at radius 2 is 1.93 bits per heavy atom. The van der Waals surface area contributed by atoms with Gasteiger partial charge in [-0.1, -0.05) is 19.9 Å². The summed E-state index contributed by atoms with van der Waals surface area (Å²) in [7, 11) is 0. The van der Waals surface area contributed by atoms with Crippen molar-refractivity contribution in [1.29, 1.82) is 0 Å². The first-order chi connectivity index (χ1) is 6.84. The maximum atomic E-state index is 12.2. The van der Waals surface area contributed by atoms with E-state index >= 15 is 0 Å². The number of aliphatic hydroxyl groups excluding tert-OH is 1. The van der Waals surface area contributed by atoms with Crippen LogP contribution in [0.2, 0.25) is 0 Å². The number of carbonyl (C=O) groups excluding carboxylic acids is 1. The standard InChI is InChI=1S/C10H15F3O2/c1-3-5-7(8(14)6-4-2)9(15)10(11,12)13/h5,9,15H,3-4,6H2,1-2H3/b7-5-. The van der Waals surface area contributed by atoms with Gasteiger partial charge < -0.3 is 5.11 Å². The van der Waals surface area contributed by atoms with Crippen LogP contribution >= 0.6 is 0 Å². The van der Waals surface area contributed by atoms with Crippen molar-refractivity contribution >= 4 is 5.78 Å². The SMILES string of the molecule is CC/C=C(/C(=O)CCC)C(O)C(F)(F)F. The molecule has 0 aliphatic heterocycles. The Morgan fingerprint density at radius 1 is 1.40 bits per heavy atom. The molecular weight excluding hydrogens is 209 g/mol. The summed E-state index contributed by atoms with van der Waals surface area (Å²) in [5, 5.41) is 8.96. The lowest BCUT2D eigenvalue weighted by atomic mass is 10.0. The van der Waals surface area contributed by atoms with Crippen molar-refractivity contribution in [3.8, 4) is 0 Å². The van der Waals surface area contributed by atoms with E-state index in [0.717, 1.165) is 6.08 Å². The largest absolute Gasteiger partial charge is 0.418 e. The molecule has 0 aliphatic rings. The molecule has 0 radical (unpaired) electrons. The third kappa shape index (κ3) is 4.46. The average Bonchev–Trinajstić information content (AvgIpc) is 2.12. The van der Waals surface area contributed by atoms with E-state index in [1.54, 1.807) is 13.8 Å². The third-order valence-electron chi connectivity index (χ3n) is 1.83. The summed E-state index contributed by atoms with van der Waals surface area (Å²) in [5.41, 5.74) is -0.535. The molecule has 0 aromatic rings. The van der Waals surface area contributed by atoms with E-state index in [1.165, 1.54) is 0 Å². The van der Waals surface area contributed by atoms with Crippen LogP contribution in [-0.2, 0) is 4.79 Å². The van der Waals surface area contributed by atoms with Crippen LogP contribution in [0.25, 0.3) is 0 Å². The molecule has 1 N–H and O–H groups in total. The molecule has 88 valence electrons. The summed E-state index contributed by atoms with van der Waals surface area (Å²) in [6.45, 7) is 3.31. The lowest BCUT2D eigenvalue weighted by molar-refractivity contribution is -0.192. The highest BCUT2D eigenvalue weighted by atomic mass is 19.4. The molecule has 0 bridgehead atoms. The van der Waals surface area contributed by atoms with E-state index in [0.29, 0.717) is 6.42 Å². The Bertz CT molecular complexity index is 244. The minimum Gasteiger partial charge on any atom is -0.379 e. The van der Waals surface area contributed by atoms with Gasteiger partial charge in [0.15, 0.2) is 11.9 Å². The zero-order valence-electron chi connectivity index (χ0n) is 8.77. The predicted molar refractivity (Wildman–Crippen MR) is 50.4 cm³/mol. The summed E-state index contributed by atoms with van der Waals surface area (Å²) in [6.07, 6.45) is -5.52. The molecule has 0 fully saturated rings. The quantitative estimate of drug-likeness (QED) is 0.729. The maximum absolute atomic E-state index is 12.2. The van der Waals surface area contributed by atoms with Gasteiger partial charge in [0.2, 0.25) is 0 Å². The highest BCUT2D eigenvalue weighted by Crippen LogP contribution is 2.26. The summed E-state index contributed by atoms with van der Waals surface area (Å²) in [6, 6.07) is 0. The smallest absolute Gasteiger partial charge is 0.379 e. The van der Waals surface area contributed by atoms with Gasteiger partial charge in [0.1, 0.15) is 0 Å². The van der Waals surface area contributed by atoms with Crippen molar-refractivity contribution < 1.29 is 23.1 Å². The lowest BCUT2D eigenvalue weighted by Gasteiger charge is -2.17. The Morgan fingerprint density at radius 3 is 2.27 bits per heavy atom. The van der Waals surface area contributed by atoms with Crippen LogP contribution in [0.1, 0.15) is 33.1 Å². The molecule has 0 saturated carbocycles. The zero-order chi connectivity index (χ0) is 12.1. The average molecular weight is 224 g/mol. The fourth-order valence-electron chi connectivity index (χ4n) is 1.15. The van der Waals surface area contributed by atoms with Crippen LogP contribution in [0.4, 0.5) is 13.2 Å². The number of hydrogen-bond acceptors (Lipinski definition) is 2. The Labute approximate surface area is 86.8 Å². The first kappa shape index (κ1) is 14.2. The number of rotatable bonds is 5. The van der Waals surface area contributed by atoms with Crippen molar-refractivity contribution in [2.45, 2.75) is 45.4 Å². The van der Waals surface area contributed by atoms with Gasteiger partial charge in [-0.15, -0.1) is 0 Å². The van der Waals surface area contributed by atoms with Crippen molar-refractivity contribution in [3.05, 3.63) is 11.6 Å². The minimum absolute atomic E-state index is 0.0268. The van der Waals surface area contributed by atoms with Crippen molar-refractivity contribution in [2.75, 3.05) is 0 Å². The highest BCUT2D eigenvalue weighted by Gasteiger charge is 2.42. The second kappa shape index (κ2) is 5.90. The fourth-order valence-corrected chi connectivity index (χ4v) is 1.15. The van der Waals surface area contributed by atoms with Gasteiger partial charge >= 0.3 is 6.18 Å². The van der Waals surface area contributed by atoms with E-state index in [1.807, 2.05) is 0 Å². The first-order valence-electron chi connectivity index (χ1n) is 4.82. The van der Waals surface area contributed by atoms with E-state index in [2.05, 4.69) is 0 Å². The van der Waals surface area contributed by atoms with Gasteiger partial charge in [-0.05, 0) is 12.8 Å². The molecule has 5 heteroatoms. The molecule has 0 aliphatic carbocycles. The summed E-state index contributed by atoms with van der Waals surface area (Å²) in [4.78, 5) is 11.3. The molecule has 0 aromatic carbocycles. The van der Waals surface area contributed by atoms with Gasteiger partial charge in [0.05, 0.1) is 0 Å². The molecule has 0 rings (SSSR count). The lowest BCUT2D eigenvalue weighted by Crippen LogP contribution is -2.33. The normalized spacial score (nSPS) is 15.2. The second-order valence-corrected chi connectivity index (χ2v) is 3.19. The number of alkyl halides is 3. The van der Waals surface area contributed by atoms with E-state index in [-0.39, 0.29) is 12.8 Å². The number of hydrogen-bond donors (Lipinski definition) is 1. The molecule has 15 heavy (non-hydrogen) atoms. The van der Waals surface area contributed by atoms with Crippen molar-refractivity contribution in [2.24, 2.45) is 0 Å². The molecule has 0 heterocycles. The summed E-state index contributed by atoms with van der Waals surface area (Å²) in [5.74, 6) is -0.635. The van der Waals surface area contributed by atoms with Crippen molar-refractivity contribution in [1.82, 2.24) is 0 Å². The van der Waals surface area contributed by atoms with Gasteiger partial charge in [-0.2, -0.15) is 13.2 Å². The first-order valence-corrected chi connectivity index (χ1v) is 4.82.